The van der Waals surface area contributed by atoms with E-state index in [4.69, 9.17) is 4.74 Å². The molecule has 1 aromatic carbocycles. The molecule has 0 aliphatic rings. The maximum atomic E-state index is 11.9. The highest BCUT2D eigenvalue weighted by Crippen LogP contribution is 2.13. The van der Waals surface area contributed by atoms with Crippen molar-refractivity contribution in [1.29, 1.82) is 0 Å². The Morgan fingerprint density at radius 3 is 2.68 bits per heavy atom. The van der Waals surface area contributed by atoms with Crippen LogP contribution >= 0.6 is 0 Å². The Morgan fingerprint density at radius 1 is 1.27 bits per heavy atom. The Labute approximate surface area is 130 Å². The first-order valence-electron chi connectivity index (χ1n) is 7.58. The molecule has 0 fully saturated rings. The van der Waals surface area contributed by atoms with Crippen LogP contribution < -0.4 is 10.1 Å². The predicted octanol–water partition coefficient (Wildman–Crippen LogP) is 2.26. The van der Waals surface area contributed by atoms with Crippen LogP contribution in [0.25, 0.3) is 0 Å². The molecule has 2 N–H and O–H groups in total. The lowest BCUT2D eigenvalue weighted by molar-refractivity contribution is 0.0948. The number of nitrogens with zero attached hydrogens (tertiary/aromatic N) is 2. The molecule has 1 heterocycles. The zero-order chi connectivity index (χ0) is 15.8. The second-order valence-corrected chi connectivity index (χ2v) is 5.11. The van der Waals surface area contributed by atoms with Gasteiger partial charge in [0.1, 0.15) is 5.75 Å². The van der Waals surface area contributed by atoms with Crippen LogP contribution in [0.15, 0.2) is 24.3 Å². The molecule has 0 aliphatic carbocycles. The van der Waals surface area contributed by atoms with Gasteiger partial charge in [0, 0.05) is 6.54 Å². The van der Waals surface area contributed by atoms with E-state index in [-0.39, 0.29) is 5.91 Å². The zero-order valence-electron chi connectivity index (χ0n) is 13.1. The van der Waals surface area contributed by atoms with Gasteiger partial charge in [0.2, 0.25) is 0 Å². The van der Waals surface area contributed by atoms with Crippen LogP contribution in [0.1, 0.15) is 41.5 Å². The fourth-order valence-corrected chi connectivity index (χ4v) is 1.99. The number of hydrogen-bond donors (Lipinski definition) is 2. The first-order valence-corrected chi connectivity index (χ1v) is 7.58. The maximum Gasteiger partial charge on any atom is 0.273 e. The van der Waals surface area contributed by atoms with Gasteiger partial charge in [-0.3, -0.25) is 4.79 Å². The van der Waals surface area contributed by atoms with Gasteiger partial charge in [-0.05, 0) is 37.5 Å². The van der Waals surface area contributed by atoms with Crippen LogP contribution in [0.5, 0.6) is 5.75 Å². The molecular formula is C16H22N4O2. The van der Waals surface area contributed by atoms with E-state index in [1.807, 2.05) is 24.3 Å². The van der Waals surface area contributed by atoms with E-state index in [2.05, 4.69) is 27.7 Å². The summed E-state index contributed by atoms with van der Waals surface area (Å²) in [6.45, 7) is 5.20. The Morgan fingerprint density at radius 2 is 2.05 bits per heavy atom. The standard InChI is InChI=1S/C16H22N4O2/c1-3-4-11-22-14-7-5-13(6-8-14)9-10-17-16(21)15-12(2)18-20-19-15/h5-8H,3-4,9-11H2,1-2H3,(H,17,21)(H,18,19,20). The number of benzene rings is 1. The van der Waals surface area contributed by atoms with Crippen molar-refractivity contribution in [2.45, 2.75) is 33.1 Å². The second-order valence-electron chi connectivity index (χ2n) is 5.11. The summed E-state index contributed by atoms with van der Waals surface area (Å²) < 4.78 is 5.62. The molecule has 0 radical (unpaired) electrons. The van der Waals surface area contributed by atoms with Crippen molar-refractivity contribution in [2.75, 3.05) is 13.2 Å². The van der Waals surface area contributed by atoms with Gasteiger partial charge in [0.25, 0.3) is 5.91 Å². The van der Waals surface area contributed by atoms with Crippen LogP contribution in [0.4, 0.5) is 0 Å². The molecule has 0 aliphatic heterocycles. The van der Waals surface area contributed by atoms with Crippen molar-refractivity contribution >= 4 is 5.91 Å². The van der Waals surface area contributed by atoms with Crippen molar-refractivity contribution in [3.8, 4) is 5.75 Å². The van der Waals surface area contributed by atoms with Crippen LogP contribution in [0.2, 0.25) is 0 Å². The molecule has 0 bridgehead atoms. The van der Waals surface area contributed by atoms with Crippen molar-refractivity contribution in [1.82, 2.24) is 20.7 Å². The van der Waals surface area contributed by atoms with Gasteiger partial charge in [-0.15, -0.1) is 0 Å². The van der Waals surface area contributed by atoms with Crippen molar-refractivity contribution in [3.63, 3.8) is 0 Å². The molecule has 6 heteroatoms. The number of nitrogens with one attached hydrogen (secondary N) is 2. The molecular weight excluding hydrogens is 280 g/mol. The summed E-state index contributed by atoms with van der Waals surface area (Å²) in [6, 6.07) is 7.98. The number of unbranched alkanes of at least 4 members (excludes halogenated alkanes) is 1. The molecule has 0 atom stereocenters. The molecule has 0 saturated carbocycles. The molecule has 2 aromatic rings. The summed E-state index contributed by atoms with van der Waals surface area (Å²) in [6.07, 6.45) is 2.95. The van der Waals surface area contributed by atoms with Gasteiger partial charge in [0.05, 0.1) is 12.3 Å². The van der Waals surface area contributed by atoms with Crippen molar-refractivity contribution in [2.24, 2.45) is 0 Å². The van der Waals surface area contributed by atoms with Gasteiger partial charge in [-0.1, -0.05) is 25.5 Å². The average molecular weight is 302 g/mol. The minimum absolute atomic E-state index is 0.203. The van der Waals surface area contributed by atoms with Crippen molar-refractivity contribution in [3.05, 3.63) is 41.2 Å². The Bertz CT molecular complexity index is 592. The van der Waals surface area contributed by atoms with Gasteiger partial charge in [-0.25, -0.2) is 0 Å². The molecule has 2 rings (SSSR count). The number of H-pyrrole nitrogens is 1. The SMILES string of the molecule is CCCCOc1ccc(CCNC(=O)c2n[nH]nc2C)cc1. The predicted molar refractivity (Wildman–Crippen MR) is 84.0 cm³/mol. The van der Waals surface area contributed by atoms with E-state index in [1.54, 1.807) is 6.92 Å². The van der Waals surface area contributed by atoms with E-state index in [1.165, 1.54) is 0 Å². The van der Waals surface area contributed by atoms with Crippen molar-refractivity contribution < 1.29 is 9.53 Å². The van der Waals surface area contributed by atoms with E-state index in [0.29, 0.717) is 17.9 Å². The van der Waals surface area contributed by atoms with Crippen LogP contribution in [0.3, 0.4) is 0 Å². The molecule has 0 unspecified atom stereocenters. The highest BCUT2D eigenvalue weighted by atomic mass is 16.5. The number of hydrogen-bond acceptors (Lipinski definition) is 4. The second kappa shape index (κ2) is 8.17. The van der Waals surface area contributed by atoms with E-state index in [9.17, 15) is 4.79 Å². The Balaban J connectivity index is 1.75. The quantitative estimate of drug-likeness (QED) is 0.733. The number of carbonyl (C=O) groups excluding carboxylic acids is 1. The number of amides is 1. The van der Waals surface area contributed by atoms with Crippen LogP contribution in [-0.2, 0) is 6.42 Å². The highest BCUT2D eigenvalue weighted by molar-refractivity contribution is 5.93. The molecule has 0 spiro atoms. The monoisotopic (exact) mass is 302 g/mol. The molecule has 118 valence electrons. The van der Waals surface area contributed by atoms with Gasteiger partial charge in [0.15, 0.2) is 5.69 Å². The third-order valence-electron chi connectivity index (χ3n) is 3.33. The number of ether oxygens (including phenoxy) is 1. The third kappa shape index (κ3) is 4.58. The summed E-state index contributed by atoms with van der Waals surface area (Å²) >= 11 is 0. The summed E-state index contributed by atoms with van der Waals surface area (Å²) in [4.78, 5) is 11.9. The van der Waals surface area contributed by atoms with Gasteiger partial charge >= 0.3 is 0 Å². The smallest absolute Gasteiger partial charge is 0.273 e. The number of aryl methyl sites for hydroxylation is 1. The minimum atomic E-state index is -0.203. The van der Waals surface area contributed by atoms with E-state index in [0.717, 1.165) is 37.2 Å². The number of aromatic amines is 1. The molecule has 1 amide bonds. The third-order valence-corrected chi connectivity index (χ3v) is 3.33. The summed E-state index contributed by atoms with van der Waals surface area (Å²) in [7, 11) is 0. The largest absolute Gasteiger partial charge is 0.494 e. The first-order chi connectivity index (χ1) is 10.7. The van der Waals surface area contributed by atoms with Gasteiger partial charge in [-0.2, -0.15) is 15.4 Å². The number of carbonyl (C=O) groups is 1. The Kier molecular flexibility index (Phi) is 5.94. The lowest BCUT2D eigenvalue weighted by Crippen LogP contribution is -2.26. The van der Waals surface area contributed by atoms with Crippen LogP contribution in [0, 0.1) is 6.92 Å². The average Bonchev–Trinajstić information content (AvgIpc) is 2.95. The fourth-order valence-electron chi connectivity index (χ4n) is 1.99. The lowest BCUT2D eigenvalue weighted by Gasteiger charge is -2.07. The molecule has 1 aromatic heterocycles. The summed E-state index contributed by atoms with van der Waals surface area (Å²) in [5, 5.41) is 12.9. The summed E-state index contributed by atoms with van der Waals surface area (Å²) in [5.41, 5.74) is 2.10. The minimum Gasteiger partial charge on any atom is -0.494 e. The molecule has 6 nitrogen and oxygen atoms in total. The first kappa shape index (κ1) is 16.0. The summed E-state index contributed by atoms with van der Waals surface area (Å²) in [5.74, 6) is 0.685. The van der Waals surface area contributed by atoms with E-state index >= 15 is 0 Å². The highest BCUT2D eigenvalue weighted by Gasteiger charge is 2.12. The number of rotatable bonds is 8. The zero-order valence-corrected chi connectivity index (χ0v) is 13.1. The molecule has 0 saturated heterocycles. The normalized spacial score (nSPS) is 10.5. The topological polar surface area (TPSA) is 79.9 Å². The lowest BCUT2D eigenvalue weighted by atomic mass is 10.1. The maximum absolute atomic E-state index is 11.9. The van der Waals surface area contributed by atoms with Crippen LogP contribution in [-0.4, -0.2) is 34.5 Å². The number of aromatic nitrogens is 3. The Hall–Kier alpha value is -2.37. The van der Waals surface area contributed by atoms with E-state index < -0.39 is 0 Å². The fraction of sp³-hybridized carbons (Fsp3) is 0.438. The van der Waals surface area contributed by atoms with Gasteiger partial charge < -0.3 is 10.1 Å². The molecule has 22 heavy (non-hydrogen) atoms.